The van der Waals surface area contributed by atoms with Crippen molar-refractivity contribution in [3.8, 4) is 0 Å². The second-order valence-electron chi connectivity index (χ2n) is 4.06. The van der Waals surface area contributed by atoms with Crippen LogP contribution in [0.4, 0.5) is 5.95 Å². The molecule has 2 rings (SSSR count). The van der Waals surface area contributed by atoms with Crippen molar-refractivity contribution in [3.05, 3.63) is 5.89 Å². The van der Waals surface area contributed by atoms with E-state index in [0.29, 0.717) is 17.8 Å². The van der Waals surface area contributed by atoms with E-state index in [1.165, 1.54) is 6.42 Å². The van der Waals surface area contributed by atoms with Gasteiger partial charge in [0, 0.05) is 13.1 Å². The number of nitrogens with zero attached hydrogens (tertiary/aromatic N) is 3. The molecule has 15 heavy (non-hydrogen) atoms. The number of halogens is 1. The van der Waals surface area contributed by atoms with Gasteiger partial charge in [-0.15, -0.1) is 12.4 Å². The molecular formula is C9H17ClN4O. The molecule has 5 nitrogen and oxygen atoms in total. The molecule has 2 atom stereocenters. The van der Waals surface area contributed by atoms with Gasteiger partial charge in [0.2, 0.25) is 5.89 Å². The van der Waals surface area contributed by atoms with Gasteiger partial charge in [-0.2, -0.15) is 4.98 Å². The zero-order valence-corrected chi connectivity index (χ0v) is 9.83. The minimum absolute atomic E-state index is 0. The highest BCUT2D eigenvalue weighted by atomic mass is 35.5. The Hall–Kier alpha value is -0.810. The van der Waals surface area contributed by atoms with Crippen LogP contribution in [0.1, 0.15) is 32.2 Å². The average molecular weight is 233 g/mol. The molecule has 0 amide bonds. The lowest BCUT2D eigenvalue weighted by molar-refractivity contribution is 0.361. The molecule has 1 aliphatic rings. The molecule has 1 unspecified atom stereocenters. The smallest absolute Gasteiger partial charge is 0.266 e. The Labute approximate surface area is 95.4 Å². The topological polar surface area (TPSA) is 68.2 Å². The van der Waals surface area contributed by atoms with Crippen LogP contribution in [0.5, 0.6) is 0 Å². The van der Waals surface area contributed by atoms with Crippen LogP contribution in [-0.2, 0) is 0 Å². The summed E-state index contributed by atoms with van der Waals surface area (Å²) in [6, 6.07) is -0.184. The van der Waals surface area contributed by atoms with Crippen molar-refractivity contribution in [1.82, 2.24) is 10.1 Å². The number of hydrogen-bond acceptors (Lipinski definition) is 5. The van der Waals surface area contributed by atoms with Crippen LogP contribution in [-0.4, -0.2) is 23.2 Å². The van der Waals surface area contributed by atoms with E-state index in [1.54, 1.807) is 0 Å². The fourth-order valence-corrected chi connectivity index (χ4v) is 1.66. The van der Waals surface area contributed by atoms with Crippen molar-refractivity contribution in [1.29, 1.82) is 0 Å². The van der Waals surface area contributed by atoms with Crippen molar-refractivity contribution >= 4 is 18.4 Å². The Morgan fingerprint density at radius 3 is 2.80 bits per heavy atom. The summed E-state index contributed by atoms with van der Waals surface area (Å²) in [4.78, 5) is 6.39. The number of aromatic nitrogens is 2. The number of nitrogens with two attached hydrogens (primary N) is 1. The Morgan fingerprint density at radius 1 is 1.60 bits per heavy atom. The van der Waals surface area contributed by atoms with E-state index in [0.717, 1.165) is 13.1 Å². The highest BCUT2D eigenvalue weighted by Gasteiger charge is 2.23. The molecule has 2 heterocycles. The third kappa shape index (κ3) is 2.60. The first kappa shape index (κ1) is 12.3. The first-order chi connectivity index (χ1) is 6.66. The van der Waals surface area contributed by atoms with E-state index in [9.17, 15) is 0 Å². The Bertz CT molecular complexity index is 315. The van der Waals surface area contributed by atoms with Gasteiger partial charge in [0.05, 0.1) is 6.04 Å². The van der Waals surface area contributed by atoms with Gasteiger partial charge in [0.1, 0.15) is 0 Å². The van der Waals surface area contributed by atoms with E-state index < -0.39 is 0 Å². The molecule has 1 saturated heterocycles. The zero-order chi connectivity index (χ0) is 10.1. The quantitative estimate of drug-likeness (QED) is 0.834. The number of hydrogen-bond donors (Lipinski definition) is 1. The Balaban J connectivity index is 0.00000112. The second-order valence-corrected chi connectivity index (χ2v) is 4.06. The van der Waals surface area contributed by atoms with Gasteiger partial charge in [-0.3, -0.25) is 0 Å². The van der Waals surface area contributed by atoms with Gasteiger partial charge in [-0.1, -0.05) is 6.92 Å². The summed E-state index contributed by atoms with van der Waals surface area (Å²) in [5.74, 6) is 1.91. The largest absolute Gasteiger partial charge is 0.338 e. The molecule has 1 fully saturated rings. The lowest BCUT2D eigenvalue weighted by Gasteiger charge is -2.10. The van der Waals surface area contributed by atoms with Crippen LogP contribution >= 0.6 is 12.4 Å². The normalized spacial score (nSPS) is 22.6. The first-order valence-electron chi connectivity index (χ1n) is 5.01. The molecule has 1 aromatic heterocycles. The molecule has 86 valence electrons. The van der Waals surface area contributed by atoms with Crippen molar-refractivity contribution in [2.45, 2.75) is 26.3 Å². The molecule has 0 saturated carbocycles. The maximum absolute atomic E-state index is 5.64. The van der Waals surface area contributed by atoms with E-state index in [2.05, 4.69) is 22.0 Å². The molecule has 0 bridgehead atoms. The van der Waals surface area contributed by atoms with Gasteiger partial charge in [0.25, 0.3) is 5.95 Å². The molecule has 1 aliphatic heterocycles. The average Bonchev–Trinajstić information content (AvgIpc) is 2.70. The molecule has 1 aromatic rings. The first-order valence-corrected chi connectivity index (χ1v) is 5.01. The van der Waals surface area contributed by atoms with Crippen LogP contribution in [0.25, 0.3) is 0 Å². The predicted octanol–water partition coefficient (Wildman–Crippen LogP) is 1.36. The minimum Gasteiger partial charge on any atom is -0.338 e. The van der Waals surface area contributed by atoms with E-state index in [4.69, 9.17) is 10.3 Å². The van der Waals surface area contributed by atoms with E-state index in [-0.39, 0.29) is 18.4 Å². The van der Waals surface area contributed by atoms with Gasteiger partial charge < -0.3 is 15.2 Å². The molecule has 0 aromatic carbocycles. The summed E-state index contributed by atoms with van der Waals surface area (Å²) < 4.78 is 5.05. The molecular weight excluding hydrogens is 216 g/mol. The van der Waals surface area contributed by atoms with E-state index in [1.807, 2.05) is 6.92 Å². The third-order valence-corrected chi connectivity index (χ3v) is 2.53. The van der Waals surface area contributed by atoms with Crippen LogP contribution < -0.4 is 10.6 Å². The highest BCUT2D eigenvalue weighted by molar-refractivity contribution is 5.85. The lowest BCUT2D eigenvalue weighted by atomic mass is 10.2. The molecule has 2 N–H and O–H groups in total. The number of rotatable bonds is 2. The summed E-state index contributed by atoms with van der Waals surface area (Å²) in [5, 5.41) is 3.91. The van der Waals surface area contributed by atoms with Crippen molar-refractivity contribution in [3.63, 3.8) is 0 Å². The highest BCUT2D eigenvalue weighted by Crippen LogP contribution is 2.21. The minimum atomic E-state index is -0.184. The maximum atomic E-state index is 5.64. The number of anilines is 1. The standard InChI is InChI=1S/C9H16N4O.ClH/c1-6-3-4-13(5-6)9-11-8(7(2)10)14-12-9;/h6-7H,3-5,10H2,1-2H3;1H/t6?,7-;/m0./s1. The Morgan fingerprint density at radius 2 is 2.33 bits per heavy atom. The summed E-state index contributed by atoms with van der Waals surface area (Å²) >= 11 is 0. The summed E-state index contributed by atoms with van der Waals surface area (Å²) in [6.07, 6.45) is 1.20. The van der Waals surface area contributed by atoms with Gasteiger partial charge >= 0.3 is 0 Å². The summed E-state index contributed by atoms with van der Waals surface area (Å²) in [6.45, 7) is 6.09. The van der Waals surface area contributed by atoms with E-state index >= 15 is 0 Å². The van der Waals surface area contributed by atoms with Crippen molar-refractivity contribution < 1.29 is 4.52 Å². The molecule has 0 radical (unpaired) electrons. The third-order valence-electron chi connectivity index (χ3n) is 2.53. The fraction of sp³-hybridized carbons (Fsp3) is 0.778. The fourth-order valence-electron chi connectivity index (χ4n) is 1.66. The lowest BCUT2D eigenvalue weighted by Crippen LogP contribution is -2.20. The molecule has 0 aliphatic carbocycles. The van der Waals surface area contributed by atoms with Gasteiger partial charge in [-0.25, -0.2) is 0 Å². The zero-order valence-electron chi connectivity index (χ0n) is 9.01. The molecule has 6 heteroatoms. The summed E-state index contributed by atoms with van der Waals surface area (Å²) in [5.41, 5.74) is 5.64. The maximum Gasteiger partial charge on any atom is 0.266 e. The monoisotopic (exact) mass is 232 g/mol. The van der Waals surface area contributed by atoms with Crippen LogP contribution in [0.15, 0.2) is 4.52 Å². The molecule has 0 spiro atoms. The van der Waals surface area contributed by atoms with Gasteiger partial charge in [-0.05, 0) is 24.4 Å². The van der Waals surface area contributed by atoms with Crippen molar-refractivity contribution in [2.75, 3.05) is 18.0 Å². The van der Waals surface area contributed by atoms with Crippen LogP contribution in [0.2, 0.25) is 0 Å². The Kier molecular flexibility index (Phi) is 3.93. The van der Waals surface area contributed by atoms with Crippen LogP contribution in [0.3, 0.4) is 0 Å². The van der Waals surface area contributed by atoms with Crippen molar-refractivity contribution in [2.24, 2.45) is 11.7 Å². The second kappa shape index (κ2) is 4.81. The van der Waals surface area contributed by atoms with Gasteiger partial charge in [0.15, 0.2) is 0 Å². The summed E-state index contributed by atoms with van der Waals surface area (Å²) in [7, 11) is 0. The SMILES string of the molecule is CC1CCN(c2noc([C@H](C)N)n2)C1.Cl. The van der Waals surface area contributed by atoms with Crippen LogP contribution in [0, 0.1) is 5.92 Å². The predicted molar refractivity (Wildman–Crippen MR) is 60.1 cm³/mol.